The molecule has 0 unspecified atom stereocenters. The summed E-state index contributed by atoms with van der Waals surface area (Å²) in [4.78, 5) is 27.9. The van der Waals surface area contributed by atoms with Gasteiger partial charge in [0.1, 0.15) is 11.5 Å². The Morgan fingerprint density at radius 1 is 0.966 bits per heavy atom. The lowest BCUT2D eigenvalue weighted by Crippen LogP contribution is -2.36. The topological polar surface area (TPSA) is 116 Å². The fourth-order valence-corrected chi connectivity index (χ4v) is 2.34. The van der Waals surface area contributed by atoms with E-state index in [4.69, 9.17) is 14.0 Å². The number of hydrogen-bond donors (Lipinski definition) is 2. The summed E-state index contributed by atoms with van der Waals surface area (Å²) >= 11 is 0. The van der Waals surface area contributed by atoms with E-state index < -0.39 is 5.91 Å². The van der Waals surface area contributed by atoms with Gasteiger partial charge in [-0.15, -0.1) is 0 Å². The molecule has 150 valence electrons. The second kappa shape index (κ2) is 9.88. The average molecular weight is 396 g/mol. The Morgan fingerprint density at radius 3 is 2.41 bits per heavy atom. The number of rotatable bonds is 9. The van der Waals surface area contributed by atoms with Gasteiger partial charge in [0.2, 0.25) is 5.82 Å². The van der Waals surface area contributed by atoms with Crippen LogP contribution in [0.25, 0.3) is 11.4 Å². The van der Waals surface area contributed by atoms with Crippen molar-refractivity contribution in [2.45, 2.75) is 0 Å². The third-order valence-corrected chi connectivity index (χ3v) is 3.81. The molecule has 3 aromatic rings. The van der Waals surface area contributed by atoms with Gasteiger partial charge >= 0.3 is 11.8 Å². The molecule has 0 radical (unpaired) electrons. The number of nitrogens with zero attached hydrogens (tertiary/aromatic N) is 2. The molecule has 0 aliphatic rings. The van der Waals surface area contributed by atoms with Gasteiger partial charge in [-0.1, -0.05) is 23.4 Å². The van der Waals surface area contributed by atoms with Gasteiger partial charge in [-0.25, -0.2) is 0 Å². The third-order valence-electron chi connectivity index (χ3n) is 3.81. The molecule has 0 atom stereocenters. The van der Waals surface area contributed by atoms with Crippen molar-refractivity contribution in [3.05, 3.63) is 60.5 Å². The predicted octanol–water partition coefficient (Wildman–Crippen LogP) is 1.67. The molecule has 9 nitrogen and oxygen atoms in total. The SMILES string of the molecule is COc1ccc(-c2noc(C(=O)NCCNC(=O)COc3ccccc3)n2)cc1. The zero-order valence-corrected chi connectivity index (χ0v) is 15.8. The van der Waals surface area contributed by atoms with Crippen LogP contribution in [0.1, 0.15) is 10.7 Å². The monoisotopic (exact) mass is 396 g/mol. The lowest BCUT2D eigenvalue weighted by atomic mass is 10.2. The number of methoxy groups -OCH3 is 1. The maximum atomic E-state index is 12.1. The molecule has 0 bridgehead atoms. The molecule has 1 heterocycles. The van der Waals surface area contributed by atoms with E-state index in [-0.39, 0.29) is 31.5 Å². The van der Waals surface area contributed by atoms with Crippen LogP contribution < -0.4 is 20.1 Å². The molecule has 2 aromatic carbocycles. The van der Waals surface area contributed by atoms with Crippen LogP contribution in [0.3, 0.4) is 0 Å². The zero-order valence-electron chi connectivity index (χ0n) is 15.8. The van der Waals surface area contributed by atoms with Crippen LogP contribution in [-0.2, 0) is 4.79 Å². The van der Waals surface area contributed by atoms with Crippen LogP contribution in [0.4, 0.5) is 0 Å². The third kappa shape index (κ3) is 5.80. The smallest absolute Gasteiger partial charge is 0.316 e. The van der Waals surface area contributed by atoms with Crippen LogP contribution in [0.2, 0.25) is 0 Å². The number of para-hydroxylation sites is 1. The first-order chi connectivity index (χ1) is 14.2. The Hall–Kier alpha value is -3.88. The first-order valence-corrected chi connectivity index (χ1v) is 8.86. The highest BCUT2D eigenvalue weighted by atomic mass is 16.5. The molecular weight excluding hydrogens is 376 g/mol. The van der Waals surface area contributed by atoms with Crippen LogP contribution in [0.15, 0.2) is 59.1 Å². The number of nitrogens with one attached hydrogen (secondary N) is 2. The Morgan fingerprint density at radius 2 is 1.69 bits per heavy atom. The second-order valence-corrected chi connectivity index (χ2v) is 5.86. The van der Waals surface area contributed by atoms with Gasteiger partial charge in [0.05, 0.1) is 7.11 Å². The normalized spacial score (nSPS) is 10.2. The van der Waals surface area contributed by atoms with E-state index >= 15 is 0 Å². The van der Waals surface area contributed by atoms with E-state index in [0.717, 1.165) is 0 Å². The molecule has 3 rings (SSSR count). The molecule has 0 spiro atoms. The van der Waals surface area contributed by atoms with Gasteiger partial charge in [0.25, 0.3) is 5.91 Å². The van der Waals surface area contributed by atoms with E-state index in [0.29, 0.717) is 22.9 Å². The van der Waals surface area contributed by atoms with E-state index in [1.165, 1.54) is 0 Å². The Bertz CT molecular complexity index is 941. The quantitative estimate of drug-likeness (QED) is 0.529. The fraction of sp³-hybridized carbons (Fsp3) is 0.200. The molecule has 0 aliphatic heterocycles. The number of benzene rings is 2. The maximum Gasteiger partial charge on any atom is 0.316 e. The van der Waals surface area contributed by atoms with Gasteiger partial charge in [-0.2, -0.15) is 4.98 Å². The van der Waals surface area contributed by atoms with E-state index in [1.807, 2.05) is 18.2 Å². The van der Waals surface area contributed by atoms with Gasteiger partial charge < -0.3 is 24.6 Å². The molecule has 0 saturated carbocycles. The molecule has 2 amide bonds. The molecule has 1 aromatic heterocycles. The molecule has 0 fully saturated rings. The van der Waals surface area contributed by atoms with Crippen molar-refractivity contribution >= 4 is 11.8 Å². The van der Waals surface area contributed by atoms with Crippen LogP contribution in [0, 0.1) is 0 Å². The van der Waals surface area contributed by atoms with Crippen molar-refractivity contribution in [3.63, 3.8) is 0 Å². The minimum atomic E-state index is -0.521. The van der Waals surface area contributed by atoms with Gasteiger partial charge in [0.15, 0.2) is 6.61 Å². The molecular formula is C20H20N4O5. The zero-order chi connectivity index (χ0) is 20.5. The number of hydrogen-bond acceptors (Lipinski definition) is 7. The molecule has 2 N–H and O–H groups in total. The predicted molar refractivity (Wildman–Crippen MR) is 104 cm³/mol. The van der Waals surface area contributed by atoms with Crippen molar-refractivity contribution in [2.24, 2.45) is 0 Å². The number of carbonyl (C=O) groups excluding carboxylic acids is 2. The Labute approximate surface area is 167 Å². The summed E-state index contributed by atoms with van der Waals surface area (Å²) in [7, 11) is 1.57. The standard InChI is InChI=1S/C20H20N4O5/c1-27-15-9-7-14(8-10-15)18-23-20(29-24-18)19(26)22-12-11-21-17(25)13-28-16-5-3-2-4-6-16/h2-10H,11-13H2,1H3,(H,21,25)(H,22,26). The number of aromatic nitrogens is 2. The van der Waals surface area contributed by atoms with Gasteiger partial charge in [0, 0.05) is 18.7 Å². The van der Waals surface area contributed by atoms with E-state index in [1.54, 1.807) is 43.5 Å². The number of carbonyl (C=O) groups is 2. The summed E-state index contributed by atoms with van der Waals surface area (Å²) in [5.74, 6) is 0.639. The second-order valence-electron chi connectivity index (χ2n) is 5.86. The van der Waals surface area contributed by atoms with E-state index in [9.17, 15) is 9.59 Å². The highest BCUT2D eigenvalue weighted by molar-refractivity contribution is 5.89. The number of ether oxygens (including phenoxy) is 2. The first kappa shape index (κ1) is 19.9. The summed E-state index contributed by atoms with van der Waals surface area (Å²) in [6.45, 7) is 0.338. The summed E-state index contributed by atoms with van der Waals surface area (Å²) in [6.07, 6.45) is 0. The van der Waals surface area contributed by atoms with Crippen molar-refractivity contribution in [2.75, 3.05) is 26.8 Å². The highest BCUT2D eigenvalue weighted by Gasteiger charge is 2.15. The summed E-state index contributed by atoms with van der Waals surface area (Å²) in [5, 5.41) is 9.04. The van der Waals surface area contributed by atoms with Crippen molar-refractivity contribution in [3.8, 4) is 22.9 Å². The Balaban J connectivity index is 1.39. The first-order valence-electron chi connectivity index (χ1n) is 8.86. The number of amides is 2. The summed E-state index contributed by atoms with van der Waals surface area (Å²) in [5.41, 5.74) is 0.694. The van der Waals surface area contributed by atoms with Crippen molar-refractivity contribution in [1.82, 2.24) is 20.8 Å². The highest BCUT2D eigenvalue weighted by Crippen LogP contribution is 2.19. The van der Waals surface area contributed by atoms with Crippen LogP contribution >= 0.6 is 0 Å². The lowest BCUT2D eigenvalue weighted by molar-refractivity contribution is -0.123. The Kier molecular flexibility index (Phi) is 6.77. The summed E-state index contributed by atoms with van der Waals surface area (Å²) < 4.78 is 15.4. The summed E-state index contributed by atoms with van der Waals surface area (Å²) in [6, 6.07) is 16.1. The van der Waals surface area contributed by atoms with Crippen LogP contribution in [-0.4, -0.2) is 48.8 Å². The van der Waals surface area contributed by atoms with Gasteiger partial charge in [-0.3, -0.25) is 9.59 Å². The minimum absolute atomic E-state index is 0.104. The van der Waals surface area contributed by atoms with E-state index in [2.05, 4.69) is 20.8 Å². The lowest BCUT2D eigenvalue weighted by Gasteiger charge is -2.07. The molecule has 29 heavy (non-hydrogen) atoms. The molecule has 0 saturated heterocycles. The fourth-order valence-electron chi connectivity index (χ4n) is 2.34. The van der Waals surface area contributed by atoms with Crippen LogP contribution in [0.5, 0.6) is 11.5 Å². The van der Waals surface area contributed by atoms with Gasteiger partial charge in [-0.05, 0) is 36.4 Å². The molecule has 9 heteroatoms. The average Bonchev–Trinajstić information content (AvgIpc) is 3.26. The maximum absolute atomic E-state index is 12.1. The molecule has 0 aliphatic carbocycles. The minimum Gasteiger partial charge on any atom is -0.497 e. The largest absolute Gasteiger partial charge is 0.497 e. The van der Waals surface area contributed by atoms with Crippen molar-refractivity contribution in [1.29, 1.82) is 0 Å². The van der Waals surface area contributed by atoms with Crippen molar-refractivity contribution < 1.29 is 23.6 Å².